The number of esters is 1. The topological polar surface area (TPSA) is 84.9 Å². The van der Waals surface area contributed by atoms with E-state index in [1.807, 2.05) is 42.5 Å². The molecule has 1 atom stereocenters. The van der Waals surface area contributed by atoms with Crippen molar-refractivity contribution in [3.05, 3.63) is 90.0 Å². The van der Waals surface area contributed by atoms with Gasteiger partial charge in [0.1, 0.15) is 12.4 Å². The van der Waals surface area contributed by atoms with E-state index in [2.05, 4.69) is 5.32 Å². The fourth-order valence-corrected chi connectivity index (χ4v) is 3.51. The van der Waals surface area contributed by atoms with Gasteiger partial charge in [-0.2, -0.15) is 0 Å². The molecule has 1 aliphatic rings. The van der Waals surface area contributed by atoms with Crippen molar-refractivity contribution >= 4 is 29.2 Å². The molecule has 0 radical (unpaired) electrons. The Morgan fingerprint density at radius 1 is 0.970 bits per heavy atom. The van der Waals surface area contributed by atoms with E-state index in [1.54, 1.807) is 48.2 Å². The summed E-state index contributed by atoms with van der Waals surface area (Å²) in [6.07, 6.45) is -0.543. The average molecular weight is 444 g/mol. The second-order valence-electron chi connectivity index (χ2n) is 7.65. The first kappa shape index (κ1) is 22.1. The number of fused-ring (bicyclic) bond motifs is 1. The molecule has 0 bridgehead atoms. The third kappa shape index (κ3) is 5.38. The highest BCUT2D eigenvalue weighted by molar-refractivity contribution is 6.04. The maximum absolute atomic E-state index is 12.5. The van der Waals surface area contributed by atoms with Crippen molar-refractivity contribution < 1.29 is 23.9 Å². The van der Waals surface area contributed by atoms with E-state index in [-0.39, 0.29) is 31.4 Å². The molecule has 1 heterocycles. The summed E-state index contributed by atoms with van der Waals surface area (Å²) in [5, 5.41) is 2.82. The lowest BCUT2D eigenvalue weighted by Gasteiger charge is -2.32. The predicted molar refractivity (Wildman–Crippen MR) is 124 cm³/mol. The van der Waals surface area contributed by atoms with Crippen molar-refractivity contribution in [1.29, 1.82) is 0 Å². The summed E-state index contributed by atoms with van der Waals surface area (Å²) in [6.45, 7) is 1.98. The molecule has 7 nitrogen and oxygen atoms in total. The van der Waals surface area contributed by atoms with Crippen LogP contribution in [0.4, 0.5) is 11.4 Å². The minimum absolute atomic E-state index is 0.0599. The van der Waals surface area contributed by atoms with Gasteiger partial charge in [-0.15, -0.1) is 0 Å². The number of nitrogens with one attached hydrogen (secondary N) is 1. The van der Waals surface area contributed by atoms with Gasteiger partial charge in [-0.1, -0.05) is 42.5 Å². The van der Waals surface area contributed by atoms with Gasteiger partial charge in [-0.25, -0.2) is 0 Å². The van der Waals surface area contributed by atoms with Crippen molar-refractivity contribution in [2.45, 2.75) is 26.1 Å². The smallest absolute Gasteiger partial charge is 0.307 e. The van der Waals surface area contributed by atoms with E-state index in [0.29, 0.717) is 17.0 Å². The Kier molecular flexibility index (Phi) is 6.69. The van der Waals surface area contributed by atoms with Crippen LogP contribution in [-0.4, -0.2) is 30.4 Å². The summed E-state index contributed by atoms with van der Waals surface area (Å²) in [6, 6.07) is 23.3. The first-order chi connectivity index (χ1) is 16.0. The number of amides is 2. The van der Waals surface area contributed by atoms with E-state index in [1.165, 1.54) is 0 Å². The fraction of sp³-hybridized carbons (Fsp3) is 0.192. The molecule has 4 rings (SSSR count). The van der Waals surface area contributed by atoms with E-state index in [4.69, 9.17) is 9.47 Å². The molecule has 0 saturated heterocycles. The molecule has 33 heavy (non-hydrogen) atoms. The molecule has 3 aromatic carbocycles. The van der Waals surface area contributed by atoms with Gasteiger partial charge in [-0.3, -0.25) is 14.4 Å². The molecular formula is C26H24N2O5. The molecule has 3 aromatic rings. The Morgan fingerprint density at radius 3 is 2.42 bits per heavy atom. The third-order valence-electron chi connectivity index (χ3n) is 5.26. The SMILES string of the molecule is C[C@H]1Oc2ccccc2N(CCC(=O)OCc2ccc(C(=O)Nc3ccccc3)cc2)C1=O. The van der Waals surface area contributed by atoms with Crippen LogP contribution in [0.1, 0.15) is 29.3 Å². The summed E-state index contributed by atoms with van der Waals surface area (Å²) in [7, 11) is 0. The van der Waals surface area contributed by atoms with Crippen molar-refractivity contribution in [3.63, 3.8) is 0 Å². The first-order valence-corrected chi connectivity index (χ1v) is 10.7. The van der Waals surface area contributed by atoms with E-state index < -0.39 is 12.1 Å². The third-order valence-corrected chi connectivity index (χ3v) is 5.26. The molecule has 0 aliphatic carbocycles. The van der Waals surface area contributed by atoms with Crippen LogP contribution in [0.15, 0.2) is 78.9 Å². The Morgan fingerprint density at radius 2 is 1.67 bits per heavy atom. The number of rotatable bonds is 7. The molecule has 0 saturated carbocycles. The van der Waals surface area contributed by atoms with E-state index in [0.717, 1.165) is 11.3 Å². The summed E-state index contributed by atoms with van der Waals surface area (Å²) in [5.41, 5.74) is 2.64. The number of nitrogens with zero attached hydrogens (tertiary/aromatic N) is 1. The van der Waals surface area contributed by atoms with Gasteiger partial charge in [0.2, 0.25) is 0 Å². The molecule has 2 amide bonds. The van der Waals surface area contributed by atoms with Crippen LogP contribution in [0.5, 0.6) is 5.75 Å². The zero-order chi connectivity index (χ0) is 23.2. The van der Waals surface area contributed by atoms with Gasteiger partial charge >= 0.3 is 5.97 Å². The minimum Gasteiger partial charge on any atom is -0.479 e. The van der Waals surface area contributed by atoms with Gasteiger partial charge in [0.25, 0.3) is 11.8 Å². The highest BCUT2D eigenvalue weighted by Crippen LogP contribution is 2.33. The van der Waals surface area contributed by atoms with Gasteiger partial charge in [0.05, 0.1) is 12.1 Å². The second kappa shape index (κ2) is 9.99. The molecular weight excluding hydrogens is 420 g/mol. The van der Waals surface area contributed by atoms with Crippen LogP contribution in [0.3, 0.4) is 0 Å². The number of carbonyl (C=O) groups is 3. The highest BCUT2D eigenvalue weighted by Gasteiger charge is 2.31. The fourth-order valence-electron chi connectivity index (χ4n) is 3.51. The van der Waals surface area contributed by atoms with Crippen LogP contribution in [0.25, 0.3) is 0 Å². The zero-order valence-corrected chi connectivity index (χ0v) is 18.2. The monoisotopic (exact) mass is 444 g/mol. The van der Waals surface area contributed by atoms with Crippen LogP contribution in [0.2, 0.25) is 0 Å². The summed E-state index contributed by atoms with van der Waals surface area (Å²) >= 11 is 0. The lowest BCUT2D eigenvalue weighted by atomic mass is 10.1. The van der Waals surface area contributed by atoms with Crippen LogP contribution < -0.4 is 15.0 Å². The molecule has 0 unspecified atom stereocenters. The van der Waals surface area contributed by atoms with Crippen molar-refractivity contribution in [1.82, 2.24) is 0 Å². The lowest BCUT2D eigenvalue weighted by Crippen LogP contribution is -2.45. The highest BCUT2D eigenvalue weighted by atomic mass is 16.5. The second-order valence-corrected chi connectivity index (χ2v) is 7.65. The predicted octanol–water partition coefficient (Wildman–Crippen LogP) is 4.19. The molecule has 1 aliphatic heterocycles. The Bertz CT molecular complexity index is 1140. The van der Waals surface area contributed by atoms with Gasteiger partial charge in [0, 0.05) is 17.8 Å². The normalized spacial score (nSPS) is 14.8. The molecule has 7 heteroatoms. The molecule has 0 fully saturated rings. The van der Waals surface area contributed by atoms with Crippen LogP contribution in [-0.2, 0) is 20.9 Å². The largest absolute Gasteiger partial charge is 0.479 e. The molecule has 0 aromatic heterocycles. The number of anilines is 2. The number of para-hydroxylation sites is 3. The van der Waals surface area contributed by atoms with Crippen molar-refractivity contribution in [3.8, 4) is 5.75 Å². The number of ether oxygens (including phenoxy) is 2. The van der Waals surface area contributed by atoms with Gasteiger partial charge in [-0.05, 0) is 48.9 Å². The summed E-state index contributed by atoms with van der Waals surface area (Å²) in [4.78, 5) is 38.7. The number of benzene rings is 3. The minimum atomic E-state index is -0.603. The zero-order valence-electron chi connectivity index (χ0n) is 18.2. The van der Waals surface area contributed by atoms with Gasteiger partial charge in [0.15, 0.2) is 6.10 Å². The van der Waals surface area contributed by atoms with Crippen LogP contribution >= 0.6 is 0 Å². The quantitative estimate of drug-likeness (QED) is 0.553. The van der Waals surface area contributed by atoms with Crippen molar-refractivity contribution in [2.75, 3.05) is 16.8 Å². The first-order valence-electron chi connectivity index (χ1n) is 10.7. The maximum Gasteiger partial charge on any atom is 0.307 e. The summed E-state index contributed by atoms with van der Waals surface area (Å²) in [5.74, 6) is -0.194. The summed E-state index contributed by atoms with van der Waals surface area (Å²) < 4.78 is 11.0. The van der Waals surface area contributed by atoms with E-state index >= 15 is 0 Å². The number of hydrogen-bond acceptors (Lipinski definition) is 5. The number of hydrogen-bond donors (Lipinski definition) is 1. The molecule has 0 spiro atoms. The Hall–Kier alpha value is -4.13. The van der Waals surface area contributed by atoms with Gasteiger partial charge < -0.3 is 19.7 Å². The average Bonchev–Trinajstić information content (AvgIpc) is 2.84. The maximum atomic E-state index is 12.5. The number of carbonyl (C=O) groups excluding carboxylic acids is 3. The Balaban J connectivity index is 1.28. The van der Waals surface area contributed by atoms with Crippen molar-refractivity contribution in [2.24, 2.45) is 0 Å². The van der Waals surface area contributed by atoms with Crippen LogP contribution in [0, 0.1) is 0 Å². The van der Waals surface area contributed by atoms with E-state index in [9.17, 15) is 14.4 Å². The Labute approximate surface area is 191 Å². The molecule has 168 valence electrons. The molecule has 1 N–H and O–H groups in total. The standard InChI is InChI=1S/C26H24N2O5/c1-18-26(31)28(22-9-5-6-10-23(22)33-18)16-15-24(29)32-17-19-11-13-20(14-12-19)25(30)27-21-7-3-2-4-8-21/h2-14,18H,15-17H2,1H3,(H,27,30)/t18-/m1/s1. The lowest BCUT2D eigenvalue weighted by molar-refractivity contribution is -0.144.